The number of nitrogens with one attached hydrogen (secondary N) is 1. The second-order valence-corrected chi connectivity index (χ2v) is 4.89. The summed E-state index contributed by atoms with van der Waals surface area (Å²) in [5.74, 6) is -1.47. The average molecular weight is 270 g/mol. The highest BCUT2D eigenvalue weighted by Crippen LogP contribution is 2.35. The zero-order chi connectivity index (χ0) is 14.0. The van der Waals surface area contributed by atoms with Crippen LogP contribution in [0, 0.1) is 27.7 Å². The summed E-state index contributed by atoms with van der Waals surface area (Å²) < 4.78 is 26.8. The lowest BCUT2D eigenvalue weighted by atomic mass is 10.0. The predicted molar refractivity (Wildman–Crippen MR) is 68.1 cm³/mol. The van der Waals surface area contributed by atoms with Gasteiger partial charge in [0, 0.05) is 12.1 Å². The molecule has 1 fully saturated rings. The minimum atomic E-state index is -0.937. The van der Waals surface area contributed by atoms with Gasteiger partial charge in [-0.1, -0.05) is 19.8 Å². The van der Waals surface area contributed by atoms with Gasteiger partial charge < -0.3 is 5.32 Å². The molecule has 0 amide bonds. The second-order valence-electron chi connectivity index (χ2n) is 4.89. The molecule has 0 spiro atoms. The van der Waals surface area contributed by atoms with E-state index in [1.165, 1.54) is 0 Å². The van der Waals surface area contributed by atoms with Crippen LogP contribution in [0.15, 0.2) is 12.1 Å². The molecule has 1 aromatic carbocycles. The zero-order valence-corrected chi connectivity index (χ0v) is 10.7. The summed E-state index contributed by atoms with van der Waals surface area (Å²) in [5, 5.41) is 13.8. The van der Waals surface area contributed by atoms with Crippen LogP contribution in [-0.4, -0.2) is 11.0 Å². The van der Waals surface area contributed by atoms with Crippen molar-refractivity contribution in [2.75, 3.05) is 5.32 Å². The molecule has 2 rings (SSSR count). The number of nitro groups is 1. The van der Waals surface area contributed by atoms with Crippen molar-refractivity contribution < 1.29 is 13.7 Å². The Labute approximate surface area is 110 Å². The molecule has 1 N–H and O–H groups in total. The van der Waals surface area contributed by atoms with Gasteiger partial charge in [-0.15, -0.1) is 0 Å². The van der Waals surface area contributed by atoms with E-state index in [4.69, 9.17) is 0 Å². The topological polar surface area (TPSA) is 55.2 Å². The summed E-state index contributed by atoms with van der Waals surface area (Å²) in [6.45, 7) is 2.04. The molecule has 1 aliphatic carbocycles. The Morgan fingerprint density at radius 2 is 2.16 bits per heavy atom. The van der Waals surface area contributed by atoms with E-state index in [0.29, 0.717) is 12.0 Å². The lowest BCUT2D eigenvalue weighted by molar-refractivity contribution is -0.384. The van der Waals surface area contributed by atoms with Crippen molar-refractivity contribution in [3.05, 3.63) is 33.9 Å². The molecule has 1 aromatic rings. The third kappa shape index (κ3) is 2.83. The Bertz CT molecular complexity index is 494. The van der Waals surface area contributed by atoms with Gasteiger partial charge in [-0.05, 0) is 18.8 Å². The van der Waals surface area contributed by atoms with Crippen LogP contribution in [0.3, 0.4) is 0 Å². The van der Waals surface area contributed by atoms with E-state index in [-0.39, 0.29) is 11.7 Å². The van der Waals surface area contributed by atoms with Gasteiger partial charge in [-0.2, -0.15) is 0 Å². The minimum absolute atomic E-state index is 0.0173. The number of nitro benzene ring substituents is 1. The number of hydrogen-bond acceptors (Lipinski definition) is 3. The molecular weight excluding hydrogens is 254 g/mol. The third-order valence-electron chi connectivity index (χ3n) is 3.74. The van der Waals surface area contributed by atoms with Gasteiger partial charge in [0.15, 0.2) is 5.82 Å². The van der Waals surface area contributed by atoms with Crippen LogP contribution in [0.5, 0.6) is 0 Å². The second kappa shape index (κ2) is 5.50. The molecular formula is C13H16F2N2O2. The normalized spacial score (nSPS) is 22.5. The van der Waals surface area contributed by atoms with Crippen LogP contribution < -0.4 is 5.32 Å². The predicted octanol–water partition coefficient (Wildman–Crippen LogP) is 3.86. The molecule has 1 aliphatic rings. The van der Waals surface area contributed by atoms with E-state index in [0.717, 1.165) is 31.7 Å². The van der Waals surface area contributed by atoms with Gasteiger partial charge in [0.25, 0.3) is 5.69 Å². The van der Waals surface area contributed by atoms with Crippen molar-refractivity contribution >= 4 is 11.4 Å². The molecule has 4 nitrogen and oxygen atoms in total. The highest BCUT2D eigenvalue weighted by Gasteiger charge is 2.29. The first kappa shape index (κ1) is 13.7. The SMILES string of the molecule is CCC1CCCC1Nc1c(F)cc(F)cc1[N+](=O)[O-]. The Morgan fingerprint density at radius 3 is 2.79 bits per heavy atom. The highest BCUT2D eigenvalue weighted by atomic mass is 19.1. The smallest absolute Gasteiger partial charge is 0.298 e. The van der Waals surface area contributed by atoms with Crippen LogP contribution in [0.2, 0.25) is 0 Å². The van der Waals surface area contributed by atoms with E-state index in [9.17, 15) is 18.9 Å². The quantitative estimate of drug-likeness (QED) is 0.667. The van der Waals surface area contributed by atoms with Crippen molar-refractivity contribution in [3.8, 4) is 0 Å². The molecule has 104 valence electrons. The van der Waals surface area contributed by atoms with Crippen molar-refractivity contribution in [2.45, 2.75) is 38.6 Å². The number of halogens is 2. The van der Waals surface area contributed by atoms with Crippen LogP contribution >= 0.6 is 0 Å². The van der Waals surface area contributed by atoms with Crippen molar-refractivity contribution in [3.63, 3.8) is 0 Å². The number of benzene rings is 1. The molecule has 0 saturated heterocycles. The van der Waals surface area contributed by atoms with Crippen LogP contribution in [0.4, 0.5) is 20.2 Å². The van der Waals surface area contributed by atoms with Crippen LogP contribution in [-0.2, 0) is 0 Å². The van der Waals surface area contributed by atoms with Gasteiger partial charge in [0.1, 0.15) is 11.5 Å². The van der Waals surface area contributed by atoms with Gasteiger partial charge in [0.05, 0.1) is 11.0 Å². The first-order chi connectivity index (χ1) is 9.02. The molecule has 0 aromatic heterocycles. The van der Waals surface area contributed by atoms with Gasteiger partial charge in [-0.3, -0.25) is 10.1 Å². The number of rotatable bonds is 4. The van der Waals surface area contributed by atoms with Gasteiger partial charge in [-0.25, -0.2) is 8.78 Å². The molecule has 1 saturated carbocycles. The van der Waals surface area contributed by atoms with E-state index < -0.39 is 22.2 Å². The summed E-state index contributed by atoms with van der Waals surface area (Å²) in [4.78, 5) is 10.1. The fraction of sp³-hybridized carbons (Fsp3) is 0.538. The lowest BCUT2D eigenvalue weighted by Crippen LogP contribution is -2.24. The average Bonchev–Trinajstić information content (AvgIpc) is 2.79. The Kier molecular flexibility index (Phi) is 3.97. The number of hydrogen-bond donors (Lipinski definition) is 1. The van der Waals surface area contributed by atoms with Crippen LogP contribution in [0.25, 0.3) is 0 Å². The third-order valence-corrected chi connectivity index (χ3v) is 3.74. The first-order valence-corrected chi connectivity index (χ1v) is 6.43. The lowest BCUT2D eigenvalue weighted by Gasteiger charge is -2.21. The molecule has 0 radical (unpaired) electrons. The van der Waals surface area contributed by atoms with Gasteiger partial charge in [0.2, 0.25) is 0 Å². The number of nitrogens with zero attached hydrogens (tertiary/aromatic N) is 1. The fourth-order valence-electron chi connectivity index (χ4n) is 2.75. The largest absolute Gasteiger partial charge is 0.374 e. The molecule has 6 heteroatoms. The standard InChI is InChI=1S/C13H16F2N2O2/c1-2-8-4-3-5-11(8)16-13-10(15)6-9(14)7-12(13)17(18)19/h6-8,11,16H,2-5H2,1H3. The van der Waals surface area contributed by atoms with Crippen molar-refractivity contribution in [2.24, 2.45) is 5.92 Å². The summed E-state index contributed by atoms with van der Waals surface area (Å²) in [6.07, 6.45) is 3.85. The summed E-state index contributed by atoms with van der Waals surface area (Å²) >= 11 is 0. The maximum atomic E-state index is 13.7. The molecule has 2 unspecified atom stereocenters. The zero-order valence-electron chi connectivity index (χ0n) is 10.7. The Balaban J connectivity index is 2.31. The summed E-state index contributed by atoms with van der Waals surface area (Å²) in [6, 6.07) is 1.44. The van der Waals surface area contributed by atoms with Crippen molar-refractivity contribution in [1.29, 1.82) is 0 Å². The van der Waals surface area contributed by atoms with E-state index in [1.807, 2.05) is 6.92 Å². The summed E-state index contributed by atoms with van der Waals surface area (Å²) in [5.41, 5.74) is -0.740. The summed E-state index contributed by atoms with van der Waals surface area (Å²) in [7, 11) is 0. The van der Waals surface area contributed by atoms with Crippen molar-refractivity contribution in [1.82, 2.24) is 0 Å². The molecule has 0 bridgehead atoms. The number of anilines is 1. The molecule has 19 heavy (non-hydrogen) atoms. The minimum Gasteiger partial charge on any atom is -0.374 e. The molecule has 2 atom stereocenters. The Morgan fingerprint density at radius 1 is 1.42 bits per heavy atom. The van der Waals surface area contributed by atoms with Gasteiger partial charge >= 0.3 is 0 Å². The Hall–Kier alpha value is -1.72. The van der Waals surface area contributed by atoms with Crippen LogP contribution in [0.1, 0.15) is 32.6 Å². The molecule has 0 heterocycles. The monoisotopic (exact) mass is 270 g/mol. The fourth-order valence-corrected chi connectivity index (χ4v) is 2.75. The first-order valence-electron chi connectivity index (χ1n) is 6.43. The van der Waals surface area contributed by atoms with E-state index in [2.05, 4.69) is 5.32 Å². The maximum Gasteiger partial charge on any atom is 0.298 e. The highest BCUT2D eigenvalue weighted by molar-refractivity contribution is 5.63. The van der Waals surface area contributed by atoms with E-state index in [1.54, 1.807) is 0 Å². The van der Waals surface area contributed by atoms with E-state index >= 15 is 0 Å². The molecule has 0 aliphatic heterocycles. The maximum absolute atomic E-state index is 13.7.